The third kappa shape index (κ3) is 5.75. The highest BCUT2D eigenvalue weighted by atomic mass is 32.1. The summed E-state index contributed by atoms with van der Waals surface area (Å²) in [6, 6.07) is 12.4. The van der Waals surface area contributed by atoms with Crippen LogP contribution >= 0.6 is 11.3 Å². The van der Waals surface area contributed by atoms with Crippen molar-refractivity contribution < 1.29 is 29.0 Å². The summed E-state index contributed by atoms with van der Waals surface area (Å²) in [4.78, 5) is 41.0. The first kappa shape index (κ1) is 25.6. The summed E-state index contributed by atoms with van der Waals surface area (Å²) < 4.78 is 11.3. The summed E-state index contributed by atoms with van der Waals surface area (Å²) in [6.07, 6.45) is 1.77. The summed E-state index contributed by atoms with van der Waals surface area (Å²) >= 11 is 1.24. The number of phenolic OH excluding ortho intramolecular Hbond substituents is 1. The zero-order valence-electron chi connectivity index (χ0n) is 20.8. The van der Waals surface area contributed by atoms with Gasteiger partial charge in [-0.2, -0.15) is 0 Å². The lowest BCUT2D eigenvalue weighted by molar-refractivity contribution is -0.121. The van der Waals surface area contributed by atoms with Gasteiger partial charge in [-0.05, 0) is 54.7 Å². The van der Waals surface area contributed by atoms with Crippen molar-refractivity contribution in [2.45, 2.75) is 19.3 Å². The van der Waals surface area contributed by atoms with E-state index in [0.717, 1.165) is 11.1 Å². The highest BCUT2D eigenvalue weighted by molar-refractivity contribution is 7.12. The Kier molecular flexibility index (Phi) is 7.78. The van der Waals surface area contributed by atoms with Gasteiger partial charge in [-0.3, -0.25) is 14.4 Å². The number of carbonyl (C=O) groups excluding carboxylic acids is 3. The van der Waals surface area contributed by atoms with Crippen LogP contribution in [0.1, 0.15) is 38.4 Å². The van der Waals surface area contributed by atoms with Crippen LogP contribution in [0.3, 0.4) is 0 Å². The van der Waals surface area contributed by atoms with Crippen molar-refractivity contribution >= 4 is 29.1 Å². The fraction of sp³-hybridized carbons (Fsp3) is 0.321. The number of nitrogens with one attached hydrogen (secondary N) is 2. The van der Waals surface area contributed by atoms with E-state index in [-0.39, 0.29) is 30.0 Å². The fourth-order valence-corrected chi connectivity index (χ4v) is 5.41. The van der Waals surface area contributed by atoms with E-state index >= 15 is 0 Å². The largest absolute Gasteiger partial charge is 0.507 e. The van der Waals surface area contributed by atoms with E-state index in [4.69, 9.17) is 9.47 Å². The van der Waals surface area contributed by atoms with Crippen molar-refractivity contribution in [2.24, 2.45) is 0 Å². The molecule has 10 heteroatoms. The van der Waals surface area contributed by atoms with Crippen molar-refractivity contribution in [3.63, 3.8) is 0 Å². The molecule has 9 nitrogen and oxygen atoms in total. The molecule has 2 aliphatic heterocycles. The quantitative estimate of drug-likeness (QED) is 0.441. The zero-order valence-corrected chi connectivity index (χ0v) is 21.6. The van der Waals surface area contributed by atoms with E-state index in [9.17, 15) is 19.5 Å². The van der Waals surface area contributed by atoms with Crippen LogP contribution in [0.4, 0.5) is 0 Å². The molecule has 0 radical (unpaired) electrons. The molecule has 5 rings (SSSR count). The highest BCUT2D eigenvalue weighted by Crippen LogP contribution is 2.40. The van der Waals surface area contributed by atoms with Crippen molar-refractivity contribution in [3.05, 3.63) is 63.8 Å². The number of fused-ring (bicyclic) bond motifs is 6. The van der Waals surface area contributed by atoms with Crippen molar-refractivity contribution in [1.29, 1.82) is 0 Å². The number of benzene rings is 2. The van der Waals surface area contributed by atoms with Gasteiger partial charge in [0.1, 0.15) is 23.8 Å². The second-order valence-corrected chi connectivity index (χ2v) is 10.1. The summed E-state index contributed by atoms with van der Waals surface area (Å²) in [6.45, 7) is 1.85. The molecule has 38 heavy (non-hydrogen) atoms. The second-order valence-electron chi connectivity index (χ2n) is 9.18. The molecule has 0 atom stereocenters. The molecule has 3 aromatic rings. The Bertz CT molecular complexity index is 1350. The maximum absolute atomic E-state index is 13.4. The summed E-state index contributed by atoms with van der Waals surface area (Å²) in [5.41, 5.74) is 2.78. The molecule has 3 heterocycles. The van der Waals surface area contributed by atoms with E-state index in [1.165, 1.54) is 16.2 Å². The SMILES string of the molecule is O=C1CN(C(=O)c2scc3c2OCCO3)CCCCNC(=O)c2cccc(c2)-c2cc(ccc2O)CCN1. The van der Waals surface area contributed by atoms with Gasteiger partial charge < -0.3 is 30.1 Å². The second kappa shape index (κ2) is 11.6. The monoisotopic (exact) mass is 535 g/mol. The molecule has 198 valence electrons. The molecule has 0 unspecified atom stereocenters. The number of amides is 3. The van der Waals surface area contributed by atoms with Crippen molar-refractivity contribution in [1.82, 2.24) is 15.5 Å². The third-order valence-electron chi connectivity index (χ3n) is 6.49. The Morgan fingerprint density at radius 1 is 0.974 bits per heavy atom. The van der Waals surface area contributed by atoms with Gasteiger partial charge in [0.15, 0.2) is 11.5 Å². The number of thiophene rings is 1. The Labute approximate surface area is 224 Å². The molecule has 0 aliphatic carbocycles. The van der Waals surface area contributed by atoms with Gasteiger partial charge in [-0.25, -0.2) is 0 Å². The van der Waals surface area contributed by atoms with Crippen LogP contribution in [0, 0.1) is 0 Å². The van der Waals surface area contributed by atoms with Gasteiger partial charge in [-0.1, -0.05) is 18.2 Å². The molecule has 0 saturated heterocycles. The molecule has 0 saturated carbocycles. The first-order valence-corrected chi connectivity index (χ1v) is 13.5. The van der Waals surface area contributed by atoms with Gasteiger partial charge in [0.05, 0.1) is 6.54 Å². The van der Waals surface area contributed by atoms with Gasteiger partial charge in [0.2, 0.25) is 5.91 Å². The Morgan fingerprint density at radius 2 is 1.82 bits per heavy atom. The van der Waals surface area contributed by atoms with E-state index in [1.807, 2.05) is 12.1 Å². The fourth-order valence-electron chi connectivity index (χ4n) is 4.51. The van der Waals surface area contributed by atoms with Crippen LogP contribution in [0.5, 0.6) is 17.2 Å². The van der Waals surface area contributed by atoms with Crippen molar-refractivity contribution in [3.8, 4) is 28.4 Å². The predicted octanol–water partition coefficient (Wildman–Crippen LogP) is 3.22. The lowest BCUT2D eigenvalue weighted by Crippen LogP contribution is -2.42. The number of nitrogens with zero attached hydrogens (tertiary/aromatic N) is 1. The highest BCUT2D eigenvalue weighted by Gasteiger charge is 2.28. The maximum atomic E-state index is 13.4. The van der Waals surface area contributed by atoms with E-state index in [0.29, 0.717) is 79.6 Å². The minimum Gasteiger partial charge on any atom is -0.507 e. The number of hydrogen-bond donors (Lipinski definition) is 3. The average molecular weight is 536 g/mol. The number of hydrogen-bond acceptors (Lipinski definition) is 7. The van der Waals surface area contributed by atoms with E-state index in [1.54, 1.807) is 35.7 Å². The molecule has 2 aliphatic rings. The number of phenols is 1. The zero-order chi connectivity index (χ0) is 26.5. The average Bonchev–Trinajstić information content (AvgIpc) is 3.36. The lowest BCUT2D eigenvalue weighted by Gasteiger charge is -2.23. The standard InChI is InChI=1S/C28H29N3O6S/c32-22-7-6-18-8-10-29-24(33)16-31(28(35)26-25-23(17-38-26)36-12-13-37-25)11-2-1-9-30-27(34)20-5-3-4-19(15-20)21(22)14-18/h3-7,14-15,17,32H,1-2,8-13,16H2,(H,29,33)(H,30,34). The molecular weight excluding hydrogens is 506 g/mol. The van der Waals surface area contributed by atoms with Crippen molar-refractivity contribution in [2.75, 3.05) is 39.4 Å². The Hall–Kier alpha value is -4.05. The minimum absolute atomic E-state index is 0.0931. The van der Waals surface area contributed by atoms with E-state index < -0.39 is 0 Å². The molecule has 1 aromatic heterocycles. The topological polar surface area (TPSA) is 117 Å². The number of carbonyl (C=O) groups is 3. The Balaban J connectivity index is 1.36. The van der Waals surface area contributed by atoms with Crippen LogP contribution in [0.15, 0.2) is 47.8 Å². The predicted molar refractivity (Wildman–Crippen MR) is 143 cm³/mol. The van der Waals surface area contributed by atoms with Crippen LogP contribution in [-0.4, -0.2) is 67.1 Å². The molecule has 4 bridgehead atoms. The third-order valence-corrected chi connectivity index (χ3v) is 7.42. The van der Waals surface area contributed by atoms with Crippen LogP contribution in [0.2, 0.25) is 0 Å². The van der Waals surface area contributed by atoms with Gasteiger partial charge in [-0.15, -0.1) is 11.3 Å². The van der Waals surface area contributed by atoms with Gasteiger partial charge in [0.25, 0.3) is 11.8 Å². The number of rotatable bonds is 1. The molecule has 3 amide bonds. The summed E-state index contributed by atoms with van der Waals surface area (Å²) in [7, 11) is 0. The van der Waals surface area contributed by atoms with E-state index in [2.05, 4.69) is 10.6 Å². The minimum atomic E-state index is -0.282. The molecule has 2 aromatic carbocycles. The van der Waals surface area contributed by atoms with Crippen LogP contribution in [-0.2, 0) is 11.2 Å². The molecule has 0 fully saturated rings. The number of ether oxygens (including phenoxy) is 2. The number of aromatic hydroxyl groups is 1. The van der Waals surface area contributed by atoms with Gasteiger partial charge in [0, 0.05) is 36.1 Å². The summed E-state index contributed by atoms with van der Waals surface area (Å²) in [5, 5.41) is 18.0. The van der Waals surface area contributed by atoms with Gasteiger partial charge >= 0.3 is 0 Å². The lowest BCUT2D eigenvalue weighted by atomic mass is 9.98. The first-order chi connectivity index (χ1) is 18.5. The Morgan fingerprint density at radius 3 is 2.71 bits per heavy atom. The maximum Gasteiger partial charge on any atom is 0.268 e. The molecule has 3 N–H and O–H groups in total. The normalized spacial score (nSPS) is 16.6. The first-order valence-electron chi connectivity index (χ1n) is 12.6. The molecule has 0 spiro atoms. The molecular formula is C28H29N3O6S. The van der Waals surface area contributed by atoms with Crippen LogP contribution < -0.4 is 20.1 Å². The smallest absolute Gasteiger partial charge is 0.268 e. The van der Waals surface area contributed by atoms with Crippen LogP contribution in [0.25, 0.3) is 11.1 Å². The summed E-state index contributed by atoms with van der Waals surface area (Å²) in [5.74, 6) is 0.346.